The number of rotatable bonds is 6. The van der Waals surface area contributed by atoms with Crippen LogP contribution in [-0.4, -0.2) is 19.4 Å². The molecule has 0 atom stereocenters. The molecule has 5 heteroatoms. The van der Waals surface area contributed by atoms with Crippen molar-refractivity contribution in [3.05, 3.63) is 132 Å². The van der Waals surface area contributed by atoms with Gasteiger partial charge in [0.15, 0.2) is 0 Å². The first kappa shape index (κ1) is 22.5. The molecule has 0 nitrogen and oxygen atoms in total. The number of hydrogen-bond acceptors (Lipinski definition) is 4. The monoisotopic (exact) mass is 534 g/mol. The van der Waals surface area contributed by atoms with Crippen LogP contribution in [0.4, 0.5) is 0 Å². The third-order valence-electron chi connectivity index (χ3n) is 4.80. The van der Waals surface area contributed by atoms with Crippen LogP contribution in [0.15, 0.2) is 121 Å². The predicted octanol–water partition coefficient (Wildman–Crippen LogP) is 6.46. The van der Waals surface area contributed by atoms with Gasteiger partial charge in [0.25, 0.3) is 0 Å². The molecule has 0 fully saturated rings. The van der Waals surface area contributed by atoms with Crippen molar-refractivity contribution in [1.82, 2.24) is 0 Å². The second-order valence-electron chi connectivity index (χ2n) is 6.86. The summed E-state index contributed by atoms with van der Waals surface area (Å²) in [5.41, 5.74) is 2.19. The summed E-state index contributed by atoms with van der Waals surface area (Å²) >= 11 is 12.0. The van der Waals surface area contributed by atoms with Gasteiger partial charge < -0.3 is 0 Å². The van der Waals surface area contributed by atoms with E-state index in [1.54, 1.807) is 0 Å². The van der Waals surface area contributed by atoms with E-state index in [4.69, 9.17) is 24.4 Å². The first-order valence-electron chi connectivity index (χ1n) is 9.87. The van der Waals surface area contributed by atoms with Gasteiger partial charge in [0.1, 0.15) is 0 Å². The summed E-state index contributed by atoms with van der Waals surface area (Å²) in [6, 6.07) is 42.2. The maximum absolute atomic E-state index is 5.99. The van der Waals surface area contributed by atoms with E-state index in [-0.39, 0.29) is 0 Å². The molecule has 0 N–H and O–H groups in total. The molecule has 0 heterocycles. The first-order chi connectivity index (χ1) is 15.2. The Bertz CT molecular complexity index is 1050. The Morgan fingerprint density at radius 3 is 1.06 bits per heavy atom. The van der Waals surface area contributed by atoms with E-state index in [0.29, 0.717) is 0 Å². The molecule has 152 valence electrons. The fourth-order valence-corrected chi connectivity index (χ4v) is 28.0. The molecule has 4 aromatic carbocycles. The van der Waals surface area contributed by atoms with Crippen LogP contribution in [0.25, 0.3) is 0 Å². The van der Waals surface area contributed by atoms with Crippen molar-refractivity contribution in [2.75, 3.05) is 0 Å². The van der Waals surface area contributed by atoms with E-state index < -0.39 is 11.0 Å². The molecule has 0 aliphatic heterocycles. The van der Waals surface area contributed by atoms with Gasteiger partial charge in [0, 0.05) is 0 Å². The molecule has 0 unspecified atom stereocenters. The summed E-state index contributed by atoms with van der Waals surface area (Å²) in [6.07, 6.45) is 0. The van der Waals surface area contributed by atoms with Crippen LogP contribution in [0, 0.1) is 0 Å². The van der Waals surface area contributed by atoms with E-state index in [2.05, 4.69) is 84.9 Å². The average Bonchev–Trinajstić information content (AvgIpc) is 2.85. The normalized spacial score (nSPS) is 11.1. The Morgan fingerprint density at radius 1 is 0.452 bits per heavy atom. The molecule has 31 heavy (non-hydrogen) atoms. The summed E-state index contributed by atoms with van der Waals surface area (Å²) in [4.78, 5) is 0. The Balaban J connectivity index is 1.84. The van der Waals surface area contributed by atoms with Crippen LogP contribution in [0.2, 0.25) is 0 Å². The fraction of sp³-hybridized carbons (Fsp3) is 0. The van der Waals surface area contributed by atoms with Gasteiger partial charge in [0.2, 0.25) is 0 Å². The molecule has 4 aromatic rings. The zero-order valence-corrected chi connectivity index (χ0v) is 22.0. The molecule has 0 aliphatic rings. The van der Waals surface area contributed by atoms with Crippen molar-refractivity contribution in [2.24, 2.45) is 0 Å². The van der Waals surface area contributed by atoms with Crippen LogP contribution in [0.5, 0.6) is 0 Å². The predicted molar refractivity (Wildman–Crippen MR) is 149 cm³/mol. The molecule has 0 aliphatic carbocycles. The van der Waals surface area contributed by atoms with Crippen LogP contribution in [0.3, 0.4) is 0 Å². The van der Waals surface area contributed by atoms with Crippen molar-refractivity contribution in [3.63, 3.8) is 0 Å². The molecule has 0 saturated carbocycles. The van der Waals surface area contributed by atoms with Crippen LogP contribution >= 0.6 is 44.6 Å². The number of thiocarbonyl (C=S) groups is 2. The SMILES string of the molecule is S=C([S][Ge]([S]C(=S)c1ccccc1)([c]1ccccc1)[c]1ccccc1)c1ccccc1. The van der Waals surface area contributed by atoms with Gasteiger partial charge in [-0.25, -0.2) is 0 Å². The van der Waals surface area contributed by atoms with E-state index in [1.807, 2.05) is 56.6 Å². The Kier molecular flexibility index (Phi) is 7.80. The molecule has 0 amide bonds. The second kappa shape index (κ2) is 10.7. The van der Waals surface area contributed by atoms with Crippen LogP contribution in [0.1, 0.15) is 11.1 Å². The van der Waals surface area contributed by atoms with Gasteiger partial charge in [-0.3, -0.25) is 0 Å². The van der Waals surface area contributed by atoms with Crippen LogP contribution < -0.4 is 8.79 Å². The van der Waals surface area contributed by atoms with Gasteiger partial charge in [-0.15, -0.1) is 0 Å². The van der Waals surface area contributed by atoms with Crippen molar-refractivity contribution in [2.45, 2.75) is 0 Å². The first-order valence-corrected chi connectivity index (χ1v) is 19.6. The van der Waals surface area contributed by atoms with Crippen LogP contribution in [-0.2, 0) is 0 Å². The molecule has 0 bridgehead atoms. The summed E-state index contributed by atoms with van der Waals surface area (Å²) in [6.45, 7) is 0. The molecule has 0 radical (unpaired) electrons. The average molecular weight is 533 g/mol. The Labute approximate surface area is 203 Å². The third kappa shape index (κ3) is 5.38. The van der Waals surface area contributed by atoms with Crippen molar-refractivity contribution >= 4 is 72.8 Å². The molecular formula is C26H20GeS4. The minimum atomic E-state index is -3.18. The summed E-state index contributed by atoms with van der Waals surface area (Å²) < 4.78 is 4.55. The zero-order chi connectivity index (χ0) is 21.5. The summed E-state index contributed by atoms with van der Waals surface area (Å²) in [5.74, 6) is 0. The topological polar surface area (TPSA) is 0 Å². The summed E-state index contributed by atoms with van der Waals surface area (Å²) in [7, 11) is 0.557. The molecule has 0 saturated heterocycles. The number of hydrogen-bond donors (Lipinski definition) is 0. The zero-order valence-electron chi connectivity index (χ0n) is 16.7. The maximum atomic E-state index is 5.99. The standard InChI is InChI=1S/C26H20GeS4/c28-25(21-13-5-1-6-14-21)30-27(23-17-9-3-10-18-23,24-19-11-4-12-20-24)31-26(29)22-15-7-2-8-16-22/h1-20H. The van der Waals surface area contributed by atoms with Gasteiger partial charge in [0.05, 0.1) is 0 Å². The van der Waals surface area contributed by atoms with Gasteiger partial charge in [-0.2, -0.15) is 0 Å². The Hall–Kier alpha value is -1.70. The fourth-order valence-electron chi connectivity index (χ4n) is 3.27. The minimum absolute atomic E-state index is 0.927. The van der Waals surface area contributed by atoms with Gasteiger partial charge >= 0.3 is 205 Å². The van der Waals surface area contributed by atoms with Gasteiger partial charge in [-0.05, 0) is 0 Å². The van der Waals surface area contributed by atoms with Crippen molar-refractivity contribution in [3.8, 4) is 0 Å². The van der Waals surface area contributed by atoms with Crippen molar-refractivity contribution in [1.29, 1.82) is 0 Å². The molecule has 4 rings (SSSR count). The quantitative estimate of drug-likeness (QED) is 0.206. The second-order valence-corrected chi connectivity index (χ2v) is 24.7. The third-order valence-corrected chi connectivity index (χ3v) is 27.3. The Morgan fingerprint density at radius 2 is 0.742 bits per heavy atom. The van der Waals surface area contributed by atoms with Gasteiger partial charge in [-0.1, -0.05) is 0 Å². The number of benzene rings is 4. The van der Waals surface area contributed by atoms with E-state index >= 15 is 0 Å². The van der Waals surface area contributed by atoms with E-state index in [0.717, 1.165) is 19.5 Å². The van der Waals surface area contributed by atoms with Crippen molar-refractivity contribution < 1.29 is 0 Å². The van der Waals surface area contributed by atoms with E-state index in [1.165, 1.54) is 8.79 Å². The van der Waals surface area contributed by atoms with E-state index in [9.17, 15) is 0 Å². The summed E-state index contributed by atoms with van der Waals surface area (Å²) in [5, 5.41) is 0. The molecule has 0 aromatic heterocycles. The molecular weight excluding hydrogens is 513 g/mol. The molecule has 0 spiro atoms.